The van der Waals surface area contributed by atoms with Crippen molar-refractivity contribution in [1.29, 1.82) is 0 Å². The minimum absolute atomic E-state index is 0.246. The predicted molar refractivity (Wildman–Crippen MR) is 117 cm³/mol. The van der Waals surface area contributed by atoms with Crippen LogP contribution in [-0.2, 0) is 20.7 Å². The summed E-state index contributed by atoms with van der Waals surface area (Å²) in [6, 6.07) is 13.0. The molecule has 1 aliphatic rings. The second-order valence-corrected chi connectivity index (χ2v) is 8.09. The number of fused-ring (bicyclic) bond motifs is 1. The number of hydrogen-bond acceptors (Lipinski definition) is 5. The fourth-order valence-electron chi connectivity index (χ4n) is 3.86. The number of amides is 1. The molecule has 0 spiro atoms. The summed E-state index contributed by atoms with van der Waals surface area (Å²) in [5, 5.41) is 0.596. The number of anilines is 1. The molecule has 2 atom stereocenters. The molecule has 0 bridgehead atoms. The molecule has 3 rings (SSSR count). The number of nitrogens with zero attached hydrogens (tertiary/aromatic N) is 2. The summed E-state index contributed by atoms with van der Waals surface area (Å²) < 4.78 is 11.2. The van der Waals surface area contributed by atoms with Crippen LogP contribution < -0.4 is 9.64 Å². The monoisotopic (exact) mass is 430 g/mol. The van der Waals surface area contributed by atoms with Gasteiger partial charge in [-0.1, -0.05) is 29.8 Å². The van der Waals surface area contributed by atoms with Gasteiger partial charge >= 0.3 is 5.97 Å². The Kier molecular flexibility index (Phi) is 7.00. The quantitative estimate of drug-likeness (QED) is 0.656. The van der Waals surface area contributed by atoms with Crippen LogP contribution in [0.4, 0.5) is 5.69 Å². The van der Waals surface area contributed by atoms with Crippen molar-refractivity contribution in [1.82, 2.24) is 4.90 Å². The van der Waals surface area contributed by atoms with E-state index >= 15 is 0 Å². The van der Waals surface area contributed by atoms with E-state index in [2.05, 4.69) is 0 Å². The summed E-state index contributed by atoms with van der Waals surface area (Å²) in [5.41, 5.74) is 2.54. The average molecular weight is 431 g/mol. The molecule has 1 amide bonds. The zero-order valence-electron chi connectivity index (χ0n) is 17.7. The van der Waals surface area contributed by atoms with Crippen molar-refractivity contribution in [2.24, 2.45) is 0 Å². The Balaban J connectivity index is 2.15. The SMILES string of the molecule is COc1ccccc1[C@H]1Cc2cc(Cl)ccc2N(CCN(C)C)C(=O)[C@H]1OC(C)=O. The molecule has 1 heterocycles. The Morgan fingerprint density at radius 3 is 2.63 bits per heavy atom. The minimum Gasteiger partial charge on any atom is -0.496 e. The minimum atomic E-state index is -0.966. The van der Waals surface area contributed by atoms with E-state index in [0.29, 0.717) is 30.3 Å². The molecule has 2 aromatic rings. The van der Waals surface area contributed by atoms with E-state index in [1.807, 2.05) is 55.4 Å². The molecule has 6 nitrogen and oxygen atoms in total. The van der Waals surface area contributed by atoms with Crippen molar-refractivity contribution in [2.45, 2.75) is 25.4 Å². The number of halogens is 1. The largest absolute Gasteiger partial charge is 0.496 e. The van der Waals surface area contributed by atoms with Gasteiger partial charge in [0, 0.05) is 42.2 Å². The number of benzene rings is 2. The maximum absolute atomic E-state index is 13.7. The van der Waals surface area contributed by atoms with E-state index in [0.717, 1.165) is 16.8 Å². The van der Waals surface area contributed by atoms with Crippen LogP contribution in [0.1, 0.15) is 24.0 Å². The number of ether oxygens (including phenoxy) is 2. The van der Waals surface area contributed by atoms with E-state index in [9.17, 15) is 9.59 Å². The molecule has 30 heavy (non-hydrogen) atoms. The second kappa shape index (κ2) is 9.49. The van der Waals surface area contributed by atoms with Crippen LogP contribution in [-0.4, -0.2) is 57.2 Å². The molecule has 0 aliphatic carbocycles. The summed E-state index contributed by atoms with van der Waals surface area (Å²) in [5.74, 6) is -0.495. The van der Waals surface area contributed by atoms with Gasteiger partial charge in [-0.3, -0.25) is 9.59 Å². The van der Waals surface area contributed by atoms with Gasteiger partial charge in [0.05, 0.1) is 7.11 Å². The first-order chi connectivity index (χ1) is 14.3. The van der Waals surface area contributed by atoms with Gasteiger partial charge in [0.2, 0.25) is 0 Å². The van der Waals surface area contributed by atoms with Crippen LogP contribution in [0.25, 0.3) is 0 Å². The molecule has 7 heteroatoms. The van der Waals surface area contributed by atoms with Crippen LogP contribution >= 0.6 is 11.6 Å². The fourth-order valence-corrected chi connectivity index (χ4v) is 4.05. The second-order valence-electron chi connectivity index (χ2n) is 7.65. The maximum Gasteiger partial charge on any atom is 0.303 e. The highest BCUT2D eigenvalue weighted by atomic mass is 35.5. The Bertz CT molecular complexity index is 931. The number of esters is 1. The lowest BCUT2D eigenvalue weighted by Crippen LogP contribution is -2.45. The van der Waals surface area contributed by atoms with E-state index in [1.54, 1.807) is 18.1 Å². The third-order valence-electron chi connectivity index (χ3n) is 5.25. The molecule has 1 aliphatic heterocycles. The number of likely N-dealkylation sites (N-methyl/N-ethyl adjacent to an activating group) is 1. The first-order valence-corrected chi connectivity index (χ1v) is 10.2. The normalized spacial score (nSPS) is 18.7. The van der Waals surface area contributed by atoms with Gasteiger partial charge in [-0.05, 0) is 50.3 Å². The summed E-state index contributed by atoms with van der Waals surface area (Å²) in [6.07, 6.45) is -0.481. The zero-order chi connectivity index (χ0) is 21.8. The number of para-hydroxylation sites is 1. The van der Waals surface area contributed by atoms with E-state index in [-0.39, 0.29) is 5.91 Å². The van der Waals surface area contributed by atoms with Crippen molar-refractivity contribution in [3.05, 3.63) is 58.6 Å². The van der Waals surface area contributed by atoms with Crippen molar-refractivity contribution in [3.8, 4) is 5.75 Å². The molecule has 0 radical (unpaired) electrons. The van der Waals surface area contributed by atoms with Crippen LogP contribution in [0, 0.1) is 0 Å². The Labute approximate surface area is 182 Å². The van der Waals surface area contributed by atoms with Crippen molar-refractivity contribution in [3.63, 3.8) is 0 Å². The predicted octanol–water partition coefficient (Wildman–Crippen LogP) is 3.51. The molecule has 0 unspecified atom stereocenters. The lowest BCUT2D eigenvalue weighted by Gasteiger charge is -2.29. The third kappa shape index (κ3) is 4.77. The van der Waals surface area contributed by atoms with Gasteiger partial charge < -0.3 is 19.3 Å². The van der Waals surface area contributed by atoms with Crippen LogP contribution in [0.3, 0.4) is 0 Å². The standard InChI is InChI=1S/C23H27ClN2O4/c1-15(27)30-22-19(18-7-5-6-8-21(18)29-4)14-16-13-17(24)9-10-20(16)26(23(22)28)12-11-25(2)3/h5-10,13,19,22H,11-12,14H2,1-4H3/t19-,22+/m1/s1. The van der Waals surface area contributed by atoms with E-state index < -0.39 is 18.0 Å². The molecule has 160 valence electrons. The Morgan fingerprint density at radius 2 is 1.97 bits per heavy atom. The number of rotatable bonds is 6. The van der Waals surface area contributed by atoms with Gasteiger partial charge in [0.25, 0.3) is 5.91 Å². The molecule has 0 aromatic heterocycles. The molecular formula is C23H27ClN2O4. The third-order valence-corrected chi connectivity index (χ3v) is 5.48. The number of carbonyl (C=O) groups is 2. The summed E-state index contributed by atoms with van der Waals surface area (Å²) >= 11 is 6.29. The summed E-state index contributed by atoms with van der Waals surface area (Å²) in [7, 11) is 5.49. The number of hydrogen-bond donors (Lipinski definition) is 0. The van der Waals surface area contributed by atoms with Gasteiger partial charge in [-0.2, -0.15) is 0 Å². The van der Waals surface area contributed by atoms with Gasteiger partial charge in [0.1, 0.15) is 5.75 Å². The average Bonchev–Trinajstić information content (AvgIpc) is 2.81. The van der Waals surface area contributed by atoms with E-state index in [1.165, 1.54) is 6.92 Å². The molecule has 0 N–H and O–H groups in total. The summed E-state index contributed by atoms with van der Waals surface area (Å²) in [4.78, 5) is 29.3. The Morgan fingerprint density at radius 1 is 1.23 bits per heavy atom. The van der Waals surface area contributed by atoms with Crippen molar-refractivity contribution in [2.75, 3.05) is 39.2 Å². The topological polar surface area (TPSA) is 59.1 Å². The molecule has 0 saturated heterocycles. The van der Waals surface area contributed by atoms with Crippen LogP contribution in [0.15, 0.2) is 42.5 Å². The first kappa shape index (κ1) is 22.1. The van der Waals surface area contributed by atoms with Gasteiger partial charge in [-0.25, -0.2) is 0 Å². The highest BCUT2D eigenvalue weighted by Gasteiger charge is 2.41. The van der Waals surface area contributed by atoms with Crippen LogP contribution in [0.2, 0.25) is 5.02 Å². The van der Waals surface area contributed by atoms with Gasteiger partial charge in [0.15, 0.2) is 6.10 Å². The number of methoxy groups -OCH3 is 1. The van der Waals surface area contributed by atoms with Crippen molar-refractivity contribution >= 4 is 29.2 Å². The maximum atomic E-state index is 13.7. The van der Waals surface area contributed by atoms with Gasteiger partial charge in [-0.15, -0.1) is 0 Å². The Hall–Kier alpha value is -2.57. The smallest absolute Gasteiger partial charge is 0.303 e. The lowest BCUT2D eigenvalue weighted by molar-refractivity contribution is -0.154. The molecule has 0 saturated carbocycles. The van der Waals surface area contributed by atoms with E-state index in [4.69, 9.17) is 21.1 Å². The molecular weight excluding hydrogens is 404 g/mol. The first-order valence-electron chi connectivity index (χ1n) is 9.86. The fraction of sp³-hybridized carbons (Fsp3) is 0.391. The molecule has 0 fully saturated rings. The lowest BCUT2D eigenvalue weighted by atomic mass is 9.87. The summed E-state index contributed by atoms with van der Waals surface area (Å²) in [6.45, 7) is 2.46. The highest BCUT2D eigenvalue weighted by molar-refractivity contribution is 6.30. The van der Waals surface area contributed by atoms with Crippen molar-refractivity contribution < 1.29 is 19.1 Å². The zero-order valence-corrected chi connectivity index (χ0v) is 18.5. The van der Waals surface area contributed by atoms with Crippen LogP contribution in [0.5, 0.6) is 5.75 Å². The molecule has 2 aromatic carbocycles. The highest BCUT2D eigenvalue weighted by Crippen LogP contribution is 2.40. The number of carbonyl (C=O) groups excluding carboxylic acids is 2.